The van der Waals surface area contributed by atoms with E-state index in [0.29, 0.717) is 12.1 Å². The van der Waals surface area contributed by atoms with Gasteiger partial charge in [-0.2, -0.15) is 23.4 Å². The van der Waals surface area contributed by atoms with Gasteiger partial charge in [0.25, 0.3) is 0 Å². The van der Waals surface area contributed by atoms with Crippen molar-refractivity contribution in [3.05, 3.63) is 35.3 Å². The lowest BCUT2D eigenvalue weighted by Gasteiger charge is -2.35. The summed E-state index contributed by atoms with van der Waals surface area (Å²) < 4.78 is 41.3. The largest absolute Gasteiger partial charge is 0.433 e. The first-order valence-corrected chi connectivity index (χ1v) is 11.3. The maximum absolute atomic E-state index is 13.8. The number of piperazine rings is 1. The van der Waals surface area contributed by atoms with Crippen LogP contribution in [0.15, 0.2) is 18.5 Å². The van der Waals surface area contributed by atoms with Gasteiger partial charge in [-0.3, -0.25) is 10.2 Å². The van der Waals surface area contributed by atoms with E-state index in [-0.39, 0.29) is 5.56 Å². The number of fused-ring (bicyclic) bond motifs is 5. The van der Waals surface area contributed by atoms with Crippen molar-refractivity contribution in [3.8, 4) is 11.3 Å². The lowest BCUT2D eigenvalue weighted by atomic mass is 9.85. The van der Waals surface area contributed by atoms with E-state index in [4.69, 9.17) is 4.98 Å². The number of halogens is 3. The van der Waals surface area contributed by atoms with Gasteiger partial charge in [-0.1, -0.05) is 0 Å². The van der Waals surface area contributed by atoms with Crippen LogP contribution in [0.25, 0.3) is 33.1 Å². The Kier molecular flexibility index (Phi) is 4.62. The van der Waals surface area contributed by atoms with E-state index >= 15 is 0 Å². The topological polar surface area (TPSA) is 76.7 Å². The van der Waals surface area contributed by atoms with Crippen molar-refractivity contribution >= 4 is 27.5 Å². The molecular formula is C23H24F3N7. The lowest BCUT2D eigenvalue weighted by molar-refractivity contribution is -0.140. The molecule has 1 aliphatic carbocycles. The van der Waals surface area contributed by atoms with Gasteiger partial charge in [-0.05, 0) is 49.9 Å². The van der Waals surface area contributed by atoms with E-state index < -0.39 is 11.9 Å². The van der Waals surface area contributed by atoms with E-state index in [0.717, 1.165) is 84.1 Å². The zero-order valence-corrected chi connectivity index (χ0v) is 18.3. The highest BCUT2D eigenvalue weighted by Gasteiger charge is 2.37. The first kappa shape index (κ1) is 20.5. The molecule has 1 aromatic carbocycles. The number of nitrogens with one attached hydrogen (secondary N) is 2. The number of benzene rings is 1. The molecule has 1 fully saturated rings. The Labute approximate surface area is 188 Å². The second kappa shape index (κ2) is 7.44. The monoisotopic (exact) mass is 455 g/mol. The molecule has 0 atom stereocenters. The van der Waals surface area contributed by atoms with Crippen molar-refractivity contribution in [2.75, 3.05) is 38.1 Å². The van der Waals surface area contributed by atoms with Gasteiger partial charge in [-0.25, -0.2) is 4.98 Å². The van der Waals surface area contributed by atoms with E-state index in [2.05, 4.69) is 37.2 Å². The summed E-state index contributed by atoms with van der Waals surface area (Å²) in [5, 5.41) is 15.3. The number of pyridine rings is 1. The maximum Gasteiger partial charge on any atom is 0.433 e. The second-order valence-electron chi connectivity index (χ2n) is 9.02. The Morgan fingerprint density at radius 3 is 2.42 bits per heavy atom. The molecule has 4 heterocycles. The summed E-state index contributed by atoms with van der Waals surface area (Å²) in [6.45, 7) is 3.50. The molecule has 2 N–H and O–H groups in total. The van der Waals surface area contributed by atoms with Crippen LogP contribution < -0.4 is 4.90 Å². The molecule has 0 bridgehead atoms. The van der Waals surface area contributed by atoms with Crippen LogP contribution in [0.4, 0.5) is 18.9 Å². The molecule has 4 aromatic rings. The highest BCUT2D eigenvalue weighted by molar-refractivity contribution is 6.13. The van der Waals surface area contributed by atoms with Crippen LogP contribution in [-0.2, 0) is 19.0 Å². The van der Waals surface area contributed by atoms with Crippen LogP contribution in [0.5, 0.6) is 0 Å². The summed E-state index contributed by atoms with van der Waals surface area (Å²) in [4.78, 5) is 9.53. The van der Waals surface area contributed by atoms with E-state index in [1.807, 2.05) is 6.07 Å². The van der Waals surface area contributed by atoms with Crippen LogP contribution in [-0.4, -0.2) is 63.5 Å². The molecule has 2 aliphatic rings. The van der Waals surface area contributed by atoms with Crippen LogP contribution in [0.1, 0.15) is 29.7 Å². The van der Waals surface area contributed by atoms with Crippen LogP contribution in [0.3, 0.4) is 0 Å². The average molecular weight is 455 g/mol. The predicted octanol–water partition coefficient (Wildman–Crippen LogP) is 4.15. The molecule has 10 heteroatoms. The van der Waals surface area contributed by atoms with Crippen molar-refractivity contribution < 1.29 is 13.2 Å². The fourth-order valence-electron chi connectivity index (χ4n) is 5.30. The first-order chi connectivity index (χ1) is 15.9. The molecule has 0 unspecified atom stereocenters. The highest BCUT2D eigenvalue weighted by Crippen LogP contribution is 2.43. The minimum absolute atomic E-state index is 0.0270. The van der Waals surface area contributed by atoms with Gasteiger partial charge in [0.2, 0.25) is 0 Å². The van der Waals surface area contributed by atoms with Crippen molar-refractivity contribution in [1.82, 2.24) is 30.3 Å². The summed E-state index contributed by atoms with van der Waals surface area (Å²) in [5.41, 5.74) is 4.21. The van der Waals surface area contributed by atoms with Gasteiger partial charge in [0, 0.05) is 37.0 Å². The fourth-order valence-corrected chi connectivity index (χ4v) is 5.30. The number of anilines is 1. The van der Waals surface area contributed by atoms with E-state index in [9.17, 15) is 13.2 Å². The summed E-state index contributed by atoms with van der Waals surface area (Å²) in [5.74, 6) is 0. The van der Waals surface area contributed by atoms with E-state index in [1.165, 1.54) is 6.20 Å². The van der Waals surface area contributed by atoms with Gasteiger partial charge in [0.05, 0.1) is 40.4 Å². The average Bonchev–Trinajstić information content (AvgIpc) is 3.48. The summed E-state index contributed by atoms with van der Waals surface area (Å²) in [6.07, 6.45) is 1.98. The zero-order chi connectivity index (χ0) is 22.7. The molecule has 3 aromatic heterocycles. The lowest BCUT2D eigenvalue weighted by Crippen LogP contribution is -2.44. The Morgan fingerprint density at radius 2 is 1.67 bits per heavy atom. The van der Waals surface area contributed by atoms with Gasteiger partial charge in [-0.15, -0.1) is 0 Å². The van der Waals surface area contributed by atoms with Gasteiger partial charge in [0.1, 0.15) is 5.69 Å². The number of nitrogens with zero attached hydrogens (tertiary/aromatic N) is 5. The van der Waals surface area contributed by atoms with Crippen molar-refractivity contribution in [2.45, 2.75) is 31.9 Å². The molecule has 7 nitrogen and oxygen atoms in total. The molecule has 1 saturated heterocycles. The molecular weight excluding hydrogens is 431 g/mol. The minimum Gasteiger partial charge on any atom is -0.367 e. The summed E-state index contributed by atoms with van der Waals surface area (Å²) in [6, 6.07) is 2.04. The molecule has 0 radical (unpaired) electrons. The molecule has 0 spiro atoms. The third-order valence-corrected chi connectivity index (χ3v) is 7.00. The molecule has 0 amide bonds. The Hall–Kier alpha value is -3.14. The number of hydrogen-bond acceptors (Lipinski definition) is 5. The van der Waals surface area contributed by atoms with E-state index in [1.54, 1.807) is 6.20 Å². The Bertz CT molecular complexity index is 1350. The summed E-state index contributed by atoms with van der Waals surface area (Å²) >= 11 is 0. The smallest absolute Gasteiger partial charge is 0.367 e. The molecule has 6 rings (SSSR count). The Morgan fingerprint density at radius 1 is 0.939 bits per heavy atom. The predicted molar refractivity (Wildman–Crippen MR) is 120 cm³/mol. The van der Waals surface area contributed by atoms with Crippen LogP contribution in [0.2, 0.25) is 0 Å². The van der Waals surface area contributed by atoms with Crippen LogP contribution in [0, 0.1) is 0 Å². The summed E-state index contributed by atoms with van der Waals surface area (Å²) in [7, 11) is 2.10. The third-order valence-electron chi connectivity index (χ3n) is 7.00. The number of aryl methyl sites for hydroxylation is 1. The number of rotatable bonds is 2. The first-order valence-electron chi connectivity index (χ1n) is 11.3. The number of aromatic amines is 2. The van der Waals surface area contributed by atoms with Gasteiger partial charge in [0.15, 0.2) is 0 Å². The fraction of sp³-hybridized carbons (Fsp3) is 0.435. The van der Waals surface area contributed by atoms with Crippen molar-refractivity contribution in [3.63, 3.8) is 0 Å². The normalized spacial score (nSPS) is 17.8. The van der Waals surface area contributed by atoms with Gasteiger partial charge < -0.3 is 9.80 Å². The quantitative estimate of drug-likeness (QED) is 0.475. The van der Waals surface area contributed by atoms with Crippen LogP contribution >= 0.6 is 0 Å². The number of alkyl halides is 3. The SMILES string of the molecule is CN1CCN(c2cc3[nH]ncc3c3c4c(c(-c5cn[nH]c5C(F)(F)F)nc23)CCCC4)CC1. The number of hydrogen-bond donors (Lipinski definition) is 2. The minimum atomic E-state index is -4.53. The van der Waals surface area contributed by atoms with Crippen molar-refractivity contribution in [2.24, 2.45) is 0 Å². The van der Waals surface area contributed by atoms with Crippen molar-refractivity contribution in [1.29, 1.82) is 0 Å². The highest BCUT2D eigenvalue weighted by atomic mass is 19.4. The Balaban J connectivity index is 1.67. The standard InChI is InChI=1S/C23H24F3N7/c1-32-6-8-33(9-7-32)18-10-17-15(11-27-30-17)19-13-4-2-3-5-14(13)20(29-21(18)19)16-12-28-31-22(16)23(24,25)26/h10-12H,2-9H2,1H3,(H,27,30)(H,28,31). The second-order valence-corrected chi connectivity index (χ2v) is 9.02. The number of aromatic nitrogens is 5. The molecule has 1 aliphatic heterocycles. The zero-order valence-electron chi connectivity index (χ0n) is 18.3. The number of H-pyrrole nitrogens is 2. The molecule has 0 saturated carbocycles. The number of likely N-dealkylation sites (N-methyl/N-ethyl adjacent to an activating group) is 1. The maximum atomic E-state index is 13.8. The third kappa shape index (κ3) is 3.26. The molecule has 172 valence electrons. The van der Waals surface area contributed by atoms with Gasteiger partial charge >= 0.3 is 6.18 Å². The molecule has 33 heavy (non-hydrogen) atoms.